The van der Waals surface area contributed by atoms with Gasteiger partial charge in [-0.3, -0.25) is 9.78 Å². The standard InChI is InChI=1S/C23H18N6O3S2/c1-14(30)26-23-28-18-9-8-16(13-19(18)33-23)17-10-12-25-22(27-17)29(2)34(31,32)20-7-3-5-15-6-4-11-24-21(15)20/h3-13H,1-2H3,(H,26,28,30). The van der Waals surface area contributed by atoms with Gasteiger partial charge >= 0.3 is 0 Å². The van der Waals surface area contributed by atoms with Crippen molar-refractivity contribution >= 4 is 59.5 Å². The third kappa shape index (κ3) is 3.95. The summed E-state index contributed by atoms with van der Waals surface area (Å²) in [5, 5.41) is 3.92. The van der Waals surface area contributed by atoms with E-state index in [0.29, 0.717) is 16.3 Å². The second-order valence-electron chi connectivity index (χ2n) is 7.43. The Morgan fingerprint density at radius 1 is 1.00 bits per heavy atom. The molecule has 3 heterocycles. The maximum absolute atomic E-state index is 13.4. The zero-order valence-electron chi connectivity index (χ0n) is 18.1. The second kappa shape index (κ2) is 8.43. The van der Waals surface area contributed by atoms with Gasteiger partial charge in [0.25, 0.3) is 10.0 Å². The number of rotatable bonds is 5. The van der Waals surface area contributed by atoms with Crippen LogP contribution in [0.5, 0.6) is 0 Å². The topological polar surface area (TPSA) is 118 Å². The SMILES string of the molecule is CC(=O)Nc1nc2ccc(-c3ccnc(N(C)S(=O)(=O)c4cccc5cccnc45)n3)cc2s1. The number of thiazole rings is 1. The average molecular weight is 491 g/mol. The molecule has 2 aromatic carbocycles. The van der Waals surface area contributed by atoms with Crippen LogP contribution >= 0.6 is 11.3 Å². The van der Waals surface area contributed by atoms with E-state index < -0.39 is 10.0 Å². The molecule has 170 valence electrons. The number of nitrogens with one attached hydrogen (secondary N) is 1. The van der Waals surface area contributed by atoms with E-state index in [4.69, 9.17) is 0 Å². The van der Waals surface area contributed by atoms with Crippen LogP contribution in [0.15, 0.2) is 71.9 Å². The Balaban J connectivity index is 1.52. The van der Waals surface area contributed by atoms with E-state index in [1.54, 1.807) is 24.4 Å². The Hall–Kier alpha value is -3.96. The number of carbonyl (C=O) groups is 1. The average Bonchev–Trinajstić information content (AvgIpc) is 3.24. The molecule has 0 aliphatic rings. The Morgan fingerprint density at radius 2 is 1.82 bits per heavy atom. The molecule has 1 amide bonds. The summed E-state index contributed by atoms with van der Waals surface area (Å²) in [5.74, 6) is -0.154. The van der Waals surface area contributed by atoms with Gasteiger partial charge in [-0.25, -0.2) is 27.7 Å². The molecule has 0 radical (unpaired) electrons. The first-order valence-corrected chi connectivity index (χ1v) is 12.4. The molecule has 0 aliphatic carbocycles. The number of para-hydroxylation sites is 1. The first kappa shape index (κ1) is 21.9. The minimum atomic E-state index is -3.96. The van der Waals surface area contributed by atoms with E-state index in [-0.39, 0.29) is 16.8 Å². The van der Waals surface area contributed by atoms with Crippen molar-refractivity contribution < 1.29 is 13.2 Å². The summed E-state index contributed by atoms with van der Waals surface area (Å²) in [7, 11) is -2.54. The molecule has 5 rings (SSSR count). The highest BCUT2D eigenvalue weighted by atomic mass is 32.2. The summed E-state index contributed by atoms with van der Waals surface area (Å²) in [6.45, 7) is 1.43. The van der Waals surface area contributed by atoms with E-state index >= 15 is 0 Å². The van der Waals surface area contributed by atoms with Crippen LogP contribution in [0.2, 0.25) is 0 Å². The lowest BCUT2D eigenvalue weighted by Crippen LogP contribution is -2.28. The molecular weight excluding hydrogens is 472 g/mol. The molecule has 0 fully saturated rings. The lowest BCUT2D eigenvalue weighted by Gasteiger charge is -2.18. The number of hydrogen-bond acceptors (Lipinski definition) is 8. The fourth-order valence-corrected chi connectivity index (χ4v) is 5.70. The van der Waals surface area contributed by atoms with Gasteiger partial charge in [-0.05, 0) is 30.3 Å². The molecule has 0 unspecified atom stereocenters. The molecule has 0 saturated heterocycles. The molecule has 0 aliphatic heterocycles. The number of fused-ring (bicyclic) bond motifs is 2. The first-order chi connectivity index (χ1) is 16.3. The number of carbonyl (C=O) groups excluding carboxylic acids is 1. The number of anilines is 2. The van der Waals surface area contributed by atoms with Gasteiger partial charge in [0.1, 0.15) is 4.90 Å². The lowest BCUT2D eigenvalue weighted by atomic mass is 10.1. The zero-order valence-corrected chi connectivity index (χ0v) is 19.8. The van der Waals surface area contributed by atoms with Gasteiger partial charge in [-0.2, -0.15) is 0 Å². The highest BCUT2D eigenvalue weighted by Gasteiger charge is 2.26. The molecule has 11 heteroatoms. The van der Waals surface area contributed by atoms with Crippen molar-refractivity contribution in [1.82, 2.24) is 19.9 Å². The molecule has 3 aromatic heterocycles. The Labute approximate surface area is 199 Å². The minimum Gasteiger partial charge on any atom is -0.302 e. The summed E-state index contributed by atoms with van der Waals surface area (Å²) in [6, 6.07) is 15.9. The number of aromatic nitrogens is 4. The van der Waals surface area contributed by atoms with E-state index in [9.17, 15) is 13.2 Å². The van der Waals surface area contributed by atoms with Gasteiger partial charge in [0.05, 0.1) is 21.4 Å². The van der Waals surface area contributed by atoms with E-state index in [1.165, 1.54) is 37.6 Å². The summed E-state index contributed by atoms with van der Waals surface area (Å²) in [5.41, 5.74) is 2.46. The van der Waals surface area contributed by atoms with Crippen molar-refractivity contribution in [2.45, 2.75) is 11.8 Å². The first-order valence-electron chi connectivity index (χ1n) is 10.2. The third-order valence-electron chi connectivity index (χ3n) is 5.13. The van der Waals surface area contributed by atoms with Gasteiger partial charge in [0.2, 0.25) is 11.9 Å². The molecule has 0 saturated carbocycles. The molecule has 1 N–H and O–H groups in total. The van der Waals surface area contributed by atoms with Crippen molar-refractivity contribution in [3.8, 4) is 11.3 Å². The molecule has 0 bridgehead atoms. The molecule has 9 nitrogen and oxygen atoms in total. The zero-order chi connectivity index (χ0) is 23.9. The highest BCUT2D eigenvalue weighted by molar-refractivity contribution is 7.93. The van der Waals surface area contributed by atoms with E-state index in [0.717, 1.165) is 25.5 Å². The van der Waals surface area contributed by atoms with Gasteiger partial charge in [-0.1, -0.05) is 35.6 Å². The van der Waals surface area contributed by atoms with Crippen LogP contribution in [-0.2, 0) is 14.8 Å². The number of hydrogen-bond donors (Lipinski definition) is 1. The number of sulfonamides is 1. The number of nitrogens with zero attached hydrogens (tertiary/aromatic N) is 5. The molecule has 34 heavy (non-hydrogen) atoms. The highest BCUT2D eigenvalue weighted by Crippen LogP contribution is 2.31. The predicted octanol–water partition coefficient (Wildman–Crippen LogP) is 4.09. The quantitative estimate of drug-likeness (QED) is 0.394. The van der Waals surface area contributed by atoms with Crippen LogP contribution in [-0.4, -0.2) is 41.3 Å². The molecule has 0 atom stereocenters. The van der Waals surface area contributed by atoms with Crippen molar-refractivity contribution in [2.75, 3.05) is 16.7 Å². The smallest absolute Gasteiger partial charge is 0.268 e. The molecular formula is C23H18N6O3S2. The number of pyridine rings is 1. The van der Waals surface area contributed by atoms with Crippen molar-refractivity contribution in [3.05, 3.63) is 67.0 Å². The maximum Gasteiger partial charge on any atom is 0.268 e. The molecule has 5 aromatic rings. The number of benzene rings is 2. The summed E-state index contributed by atoms with van der Waals surface area (Å²) in [4.78, 5) is 28.7. The maximum atomic E-state index is 13.4. The van der Waals surface area contributed by atoms with Gasteiger partial charge in [0, 0.05) is 37.3 Å². The van der Waals surface area contributed by atoms with Crippen molar-refractivity contribution in [1.29, 1.82) is 0 Å². The van der Waals surface area contributed by atoms with E-state index in [1.807, 2.05) is 30.3 Å². The Kier molecular flexibility index (Phi) is 5.42. The van der Waals surface area contributed by atoms with Gasteiger partial charge in [-0.15, -0.1) is 0 Å². The third-order valence-corrected chi connectivity index (χ3v) is 7.83. The van der Waals surface area contributed by atoms with E-state index in [2.05, 4.69) is 25.3 Å². The van der Waals surface area contributed by atoms with Crippen LogP contribution in [0.1, 0.15) is 6.92 Å². The summed E-state index contributed by atoms with van der Waals surface area (Å²) < 4.78 is 28.8. The van der Waals surface area contributed by atoms with Crippen LogP contribution < -0.4 is 9.62 Å². The molecule has 0 spiro atoms. The van der Waals surface area contributed by atoms with Crippen LogP contribution in [0.3, 0.4) is 0 Å². The number of amides is 1. The van der Waals surface area contributed by atoms with Crippen molar-refractivity contribution in [2.24, 2.45) is 0 Å². The van der Waals surface area contributed by atoms with Gasteiger partial charge in [0.15, 0.2) is 5.13 Å². The Morgan fingerprint density at radius 3 is 2.65 bits per heavy atom. The normalized spacial score (nSPS) is 11.6. The van der Waals surface area contributed by atoms with Gasteiger partial charge < -0.3 is 5.32 Å². The van der Waals surface area contributed by atoms with Crippen LogP contribution in [0.25, 0.3) is 32.4 Å². The van der Waals surface area contributed by atoms with Crippen LogP contribution in [0.4, 0.5) is 11.1 Å². The largest absolute Gasteiger partial charge is 0.302 e. The lowest BCUT2D eigenvalue weighted by molar-refractivity contribution is -0.114. The fraction of sp³-hybridized carbons (Fsp3) is 0.0870. The summed E-state index contributed by atoms with van der Waals surface area (Å²) in [6.07, 6.45) is 3.08. The van der Waals surface area contributed by atoms with Crippen LogP contribution in [0, 0.1) is 0 Å². The summed E-state index contributed by atoms with van der Waals surface area (Å²) >= 11 is 1.35. The monoisotopic (exact) mass is 490 g/mol. The van der Waals surface area contributed by atoms with Crippen molar-refractivity contribution in [3.63, 3.8) is 0 Å². The Bertz CT molecular complexity index is 1660. The minimum absolute atomic E-state index is 0.0359. The fourth-order valence-electron chi connectivity index (χ4n) is 3.49. The predicted molar refractivity (Wildman–Crippen MR) is 132 cm³/mol. The second-order valence-corrected chi connectivity index (χ2v) is 10.4.